The van der Waals surface area contributed by atoms with Crippen LogP contribution in [0.3, 0.4) is 0 Å². The molecule has 2 rings (SSSR count). The molecule has 0 fully saturated rings. The van der Waals surface area contributed by atoms with Gasteiger partial charge in [0.1, 0.15) is 17.6 Å². The van der Waals surface area contributed by atoms with Crippen LogP contribution in [-0.2, 0) is 0 Å². The highest BCUT2D eigenvalue weighted by Crippen LogP contribution is 2.27. The maximum absolute atomic E-state index is 6.22. The number of benzene rings is 2. The number of halogens is 1. The quantitative estimate of drug-likeness (QED) is 0.869. The van der Waals surface area contributed by atoms with Gasteiger partial charge in [-0.05, 0) is 48.4 Å². The second-order valence-corrected chi connectivity index (χ2v) is 5.27. The standard InChI is InChI=1S/C17H20ClNO2/c1-3-16(19)17(12-4-8-14(20-2)9-5-12)21-15-10-6-13(18)7-11-15/h4-11,16-17H,3,19H2,1-2H3. The maximum Gasteiger partial charge on any atom is 0.139 e. The number of rotatable bonds is 6. The Kier molecular flexibility index (Phi) is 5.48. The van der Waals surface area contributed by atoms with Crippen LogP contribution in [-0.4, -0.2) is 13.2 Å². The van der Waals surface area contributed by atoms with Crippen LogP contribution in [0.15, 0.2) is 48.5 Å². The molecule has 0 aliphatic heterocycles. The molecule has 0 aromatic heterocycles. The van der Waals surface area contributed by atoms with Crippen molar-refractivity contribution in [3.8, 4) is 11.5 Å². The third kappa shape index (κ3) is 4.13. The Morgan fingerprint density at radius 1 is 1.00 bits per heavy atom. The van der Waals surface area contributed by atoms with Gasteiger partial charge in [0.05, 0.1) is 7.11 Å². The molecule has 4 heteroatoms. The van der Waals surface area contributed by atoms with Gasteiger partial charge in [-0.15, -0.1) is 0 Å². The summed E-state index contributed by atoms with van der Waals surface area (Å²) in [7, 11) is 1.65. The average molecular weight is 306 g/mol. The van der Waals surface area contributed by atoms with Crippen LogP contribution in [0.4, 0.5) is 0 Å². The number of nitrogens with two attached hydrogens (primary N) is 1. The highest BCUT2D eigenvalue weighted by atomic mass is 35.5. The summed E-state index contributed by atoms with van der Waals surface area (Å²) in [6.07, 6.45) is 0.617. The molecule has 0 heterocycles. The lowest BCUT2D eigenvalue weighted by Crippen LogP contribution is -2.31. The first-order valence-corrected chi connectivity index (χ1v) is 7.33. The van der Waals surface area contributed by atoms with Crippen molar-refractivity contribution in [2.24, 2.45) is 5.73 Å². The first kappa shape index (κ1) is 15.7. The van der Waals surface area contributed by atoms with Crippen molar-refractivity contribution in [3.05, 3.63) is 59.1 Å². The monoisotopic (exact) mass is 305 g/mol. The van der Waals surface area contributed by atoms with E-state index in [-0.39, 0.29) is 12.1 Å². The minimum atomic E-state index is -0.206. The van der Waals surface area contributed by atoms with E-state index in [0.29, 0.717) is 5.02 Å². The van der Waals surface area contributed by atoms with E-state index in [1.807, 2.05) is 43.3 Å². The van der Waals surface area contributed by atoms with Gasteiger partial charge in [-0.25, -0.2) is 0 Å². The van der Waals surface area contributed by atoms with E-state index in [1.165, 1.54) is 0 Å². The Morgan fingerprint density at radius 2 is 1.57 bits per heavy atom. The van der Waals surface area contributed by atoms with Crippen LogP contribution in [0.2, 0.25) is 5.02 Å². The van der Waals surface area contributed by atoms with Crippen molar-refractivity contribution >= 4 is 11.6 Å². The molecule has 2 N–H and O–H groups in total. The van der Waals surface area contributed by atoms with Gasteiger partial charge in [0.25, 0.3) is 0 Å². The zero-order valence-electron chi connectivity index (χ0n) is 12.3. The van der Waals surface area contributed by atoms with Crippen molar-refractivity contribution in [2.45, 2.75) is 25.5 Å². The lowest BCUT2D eigenvalue weighted by Gasteiger charge is -2.25. The number of hydrogen-bond donors (Lipinski definition) is 1. The molecule has 2 aromatic rings. The summed E-state index contributed by atoms with van der Waals surface area (Å²) in [5.41, 5.74) is 7.24. The number of methoxy groups -OCH3 is 1. The van der Waals surface area contributed by atoms with Crippen molar-refractivity contribution in [1.82, 2.24) is 0 Å². The zero-order chi connectivity index (χ0) is 15.2. The fraction of sp³-hybridized carbons (Fsp3) is 0.294. The average Bonchev–Trinajstić information content (AvgIpc) is 2.54. The highest BCUT2D eigenvalue weighted by molar-refractivity contribution is 6.30. The summed E-state index contributed by atoms with van der Waals surface area (Å²) < 4.78 is 11.2. The van der Waals surface area contributed by atoms with Crippen LogP contribution in [0.25, 0.3) is 0 Å². The minimum Gasteiger partial charge on any atom is -0.497 e. The predicted molar refractivity (Wildman–Crippen MR) is 86.1 cm³/mol. The van der Waals surface area contributed by atoms with Crippen LogP contribution in [0.1, 0.15) is 25.0 Å². The Balaban J connectivity index is 2.22. The van der Waals surface area contributed by atoms with E-state index in [4.69, 9.17) is 26.8 Å². The fourth-order valence-corrected chi connectivity index (χ4v) is 2.20. The van der Waals surface area contributed by atoms with Gasteiger partial charge in [-0.3, -0.25) is 0 Å². The molecule has 0 aliphatic carbocycles. The molecule has 0 bridgehead atoms. The first-order valence-electron chi connectivity index (χ1n) is 6.95. The van der Waals surface area contributed by atoms with Crippen LogP contribution >= 0.6 is 11.6 Å². The third-order valence-corrected chi connectivity index (χ3v) is 3.63. The molecule has 0 spiro atoms. The lowest BCUT2D eigenvalue weighted by molar-refractivity contribution is 0.171. The summed E-state index contributed by atoms with van der Waals surface area (Å²) in [4.78, 5) is 0. The zero-order valence-corrected chi connectivity index (χ0v) is 13.0. The normalized spacial score (nSPS) is 13.5. The van der Waals surface area contributed by atoms with E-state index >= 15 is 0 Å². The van der Waals surface area contributed by atoms with Crippen LogP contribution < -0.4 is 15.2 Å². The molecule has 0 amide bonds. The SMILES string of the molecule is CCC(N)C(Oc1ccc(Cl)cc1)c1ccc(OC)cc1. The molecule has 2 unspecified atom stereocenters. The molecule has 0 saturated heterocycles. The van der Waals surface area contributed by atoms with Gasteiger partial charge in [-0.2, -0.15) is 0 Å². The Labute approximate surface area is 130 Å². The van der Waals surface area contributed by atoms with Crippen molar-refractivity contribution < 1.29 is 9.47 Å². The molecule has 0 aliphatic rings. The van der Waals surface area contributed by atoms with Crippen molar-refractivity contribution in [3.63, 3.8) is 0 Å². The summed E-state index contributed by atoms with van der Waals surface area (Å²) >= 11 is 5.89. The summed E-state index contributed by atoms with van der Waals surface area (Å²) in [5, 5.41) is 0.683. The number of hydrogen-bond acceptors (Lipinski definition) is 3. The van der Waals surface area contributed by atoms with Gasteiger partial charge in [0.2, 0.25) is 0 Å². The fourth-order valence-electron chi connectivity index (χ4n) is 2.07. The Hall–Kier alpha value is -1.71. The van der Waals surface area contributed by atoms with Crippen LogP contribution in [0.5, 0.6) is 11.5 Å². The molecular weight excluding hydrogens is 286 g/mol. The third-order valence-electron chi connectivity index (χ3n) is 3.38. The van der Waals surface area contributed by atoms with Crippen LogP contribution in [0, 0.1) is 0 Å². The Bertz CT molecular complexity index is 554. The summed E-state index contributed by atoms with van der Waals surface area (Å²) in [6, 6.07) is 15.0. The van der Waals surface area contributed by atoms with E-state index < -0.39 is 0 Å². The second kappa shape index (κ2) is 7.34. The van der Waals surface area contributed by atoms with E-state index in [9.17, 15) is 0 Å². The second-order valence-electron chi connectivity index (χ2n) is 4.84. The van der Waals surface area contributed by atoms with E-state index in [0.717, 1.165) is 23.5 Å². The molecule has 3 nitrogen and oxygen atoms in total. The molecule has 112 valence electrons. The molecule has 0 radical (unpaired) electrons. The lowest BCUT2D eigenvalue weighted by atomic mass is 10.0. The van der Waals surface area contributed by atoms with Gasteiger partial charge in [-0.1, -0.05) is 30.7 Å². The van der Waals surface area contributed by atoms with Gasteiger partial charge >= 0.3 is 0 Å². The maximum atomic E-state index is 6.22. The van der Waals surface area contributed by atoms with Crippen molar-refractivity contribution in [2.75, 3.05) is 7.11 Å². The predicted octanol–water partition coefficient (Wildman–Crippen LogP) is 4.21. The van der Waals surface area contributed by atoms with E-state index in [2.05, 4.69) is 0 Å². The summed E-state index contributed by atoms with van der Waals surface area (Å²) in [5.74, 6) is 1.57. The Morgan fingerprint density at radius 3 is 2.10 bits per heavy atom. The van der Waals surface area contributed by atoms with E-state index in [1.54, 1.807) is 19.2 Å². The molecule has 2 atom stereocenters. The molecule has 2 aromatic carbocycles. The van der Waals surface area contributed by atoms with Gasteiger partial charge in [0, 0.05) is 11.1 Å². The first-order chi connectivity index (χ1) is 10.1. The summed E-state index contributed by atoms with van der Waals surface area (Å²) in [6.45, 7) is 2.05. The molecular formula is C17H20ClNO2. The topological polar surface area (TPSA) is 44.5 Å². The van der Waals surface area contributed by atoms with Gasteiger partial charge < -0.3 is 15.2 Å². The molecule has 21 heavy (non-hydrogen) atoms. The number of ether oxygens (including phenoxy) is 2. The highest BCUT2D eigenvalue weighted by Gasteiger charge is 2.20. The molecule has 0 saturated carbocycles. The smallest absolute Gasteiger partial charge is 0.139 e. The minimum absolute atomic E-state index is 0.0888. The van der Waals surface area contributed by atoms with Crippen molar-refractivity contribution in [1.29, 1.82) is 0 Å². The largest absolute Gasteiger partial charge is 0.497 e. The van der Waals surface area contributed by atoms with Gasteiger partial charge in [0.15, 0.2) is 0 Å².